The van der Waals surface area contributed by atoms with Gasteiger partial charge in [-0.1, -0.05) is 30.3 Å². The zero-order valence-electron chi connectivity index (χ0n) is 15.7. The normalized spacial score (nSPS) is 10.9. The van der Waals surface area contributed by atoms with E-state index < -0.39 is 0 Å². The van der Waals surface area contributed by atoms with Crippen molar-refractivity contribution in [1.29, 1.82) is 0 Å². The van der Waals surface area contributed by atoms with E-state index in [0.29, 0.717) is 6.61 Å². The van der Waals surface area contributed by atoms with Crippen molar-refractivity contribution in [2.75, 3.05) is 6.61 Å². The zero-order chi connectivity index (χ0) is 19.0. The van der Waals surface area contributed by atoms with Crippen LogP contribution in [0.1, 0.15) is 12.1 Å². The number of pyridine rings is 1. The summed E-state index contributed by atoms with van der Waals surface area (Å²) in [4.78, 5) is 8.78. The average Bonchev–Trinajstić information content (AvgIpc) is 3.41. The average molecular weight is 373 g/mol. The largest absolute Gasteiger partial charge is 0.492 e. The lowest BCUT2D eigenvalue weighted by atomic mass is 10.1. The highest BCUT2D eigenvalue weighted by Crippen LogP contribution is 2.23. The van der Waals surface area contributed by atoms with Crippen molar-refractivity contribution in [3.05, 3.63) is 85.3 Å². The van der Waals surface area contributed by atoms with Crippen molar-refractivity contribution in [2.24, 2.45) is 0 Å². The van der Waals surface area contributed by atoms with Crippen LogP contribution in [0.15, 0.2) is 79.6 Å². The molecule has 0 saturated carbocycles. The highest BCUT2D eigenvalue weighted by molar-refractivity contribution is 5.61. The summed E-state index contributed by atoms with van der Waals surface area (Å²) in [5.74, 6) is 0.803. The SMILES string of the molecule is c1ccc(-c2ncn(CCCOc3cccnc3)c2CCn2cccn2)cc1. The van der Waals surface area contributed by atoms with Crippen LogP contribution in [0.25, 0.3) is 11.3 Å². The summed E-state index contributed by atoms with van der Waals surface area (Å²) in [6.45, 7) is 2.32. The molecule has 0 radical (unpaired) electrons. The molecule has 28 heavy (non-hydrogen) atoms. The maximum absolute atomic E-state index is 5.77. The third-order valence-corrected chi connectivity index (χ3v) is 4.58. The molecule has 0 amide bonds. The number of hydrogen-bond acceptors (Lipinski definition) is 4. The van der Waals surface area contributed by atoms with Gasteiger partial charge in [0.25, 0.3) is 0 Å². The van der Waals surface area contributed by atoms with Crippen LogP contribution < -0.4 is 4.74 Å². The van der Waals surface area contributed by atoms with Crippen LogP contribution in [0.5, 0.6) is 5.75 Å². The second kappa shape index (κ2) is 8.99. The van der Waals surface area contributed by atoms with Crippen LogP contribution in [0.2, 0.25) is 0 Å². The van der Waals surface area contributed by atoms with Gasteiger partial charge in [-0.3, -0.25) is 9.67 Å². The first-order valence-corrected chi connectivity index (χ1v) is 9.50. The summed E-state index contributed by atoms with van der Waals surface area (Å²) in [5.41, 5.74) is 3.41. The van der Waals surface area contributed by atoms with Crippen molar-refractivity contribution < 1.29 is 4.74 Å². The number of ether oxygens (including phenoxy) is 1. The molecule has 0 fully saturated rings. The molecule has 0 aliphatic rings. The van der Waals surface area contributed by atoms with Gasteiger partial charge in [0.05, 0.1) is 24.8 Å². The standard InChI is InChI=1S/C22H23N5O/c1-2-7-19(8-3-1)22-21(10-15-27-14-5-12-25-27)26(18-24-22)13-6-16-28-20-9-4-11-23-17-20/h1-5,7-9,11-12,14,17-18H,6,10,13,15-16H2. The summed E-state index contributed by atoms with van der Waals surface area (Å²) >= 11 is 0. The van der Waals surface area contributed by atoms with E-state index in [9.17, 15) is 0 Å². The molecule has 3 heterocycles. The lowest BCUT2D eigenvalue weighted by molar-refractivity contribution is 0.300. The van der Waals surface area contributed by atoms with Gasteiger partial charge in [0, 0.05) is 49.4 Å². The van der Waals surface area contributed by atoms with Gasteiger partial charge in [-0.05, 0) is 24.6 Å². The van der Waals surface area contributed by atoms with Crippen molar-refractivity contribution in [3.8, 4) is 17.0 Å². The summed E-state index contributed by atoms with van der Waals surface area (Å²) in [6, 6.07) is 16.1. The zero-order valence-corrected chi connectivity index (χ0v) is 15.7. The molecule has 0 N–H and O–H groups in total. The Morgan fingerprint density at radius 2 is 1.86 bits per heavy atom. The topological polar surface area (TPSA) is 57.8 Å². The Labute approximate surface area is 164 Å². The summed E-state index contributed by atoms with van der Waals surface area (Å²) in [6.07, 6.45) is 11.0. The highest BCUT2D eigenvalue weighted by Gasteiger charge is 2.13. The fraction of sp³-hybridized carbons (Fsp3) is 0.227. The molecular formula is C22H23N5O. The van der Waals surface area contributed by atoms with Crippen molar-refractivity contribution in [2.45, 2.75) is 25.9 Å². The van der Waals surface area contributed by atoms with Gasteiger partial charge in [0.2, 0.25) is 0 Å². The quantitative estimate of drug-likeness (QED) is 0.418. The first kappa shape index (κ1) is 18.0. The maximum atomic E-state index is 5.77. The molecule has 4 aromatic rings. The van der Waals surface area contributed by atoms with E-state index in [1.54, 1.807) is 12.4 Å². The molecule has 3 aromatic heterocycles. The Kier molecular flexibility index (Phi) is 5.77. The summed E-state index contributed by atoms with van der Waals surface area (Å²) < 4.78 is 9.96. The number of aryl methyl sites for hydroxylation is 2. The van der Waals surface area contributed by atoms with E-state index in [0.717, 1.165) is 42.9 Å². The molecule has 0 bridgehead atoms. The maximum Gasteiger partial charge on any atom is 0.137 e. The monoisotopic (exact) mass is 373 g/mol. The van der Waals surface area contributed by atoms with E-state index in [-0.39, 0.29) is 0 Å². The lowest BCUT2D eigenvalue weighted by Crippen LogP contribution is -2.10. The van der Waals surface area contributed by atoms with Crippen LogP contribution in [0, 0.1) is 0 Å². The fourth-order valence-corrected chi connectivity index (χ4v) is 3.21. The molecule has 6 heteroatoms. The van der Waals surface area contributed by atoms with Crippen LogP contribution in [-0.4, -0.2) is 30.9 Å². The summed E-state index contributed by atoms with van der Waals surface area (Å²) in [5, 5.41) is 4.32. The van der Waals surface area contributed by atoms with Gasteiger partial charge < -0.3 is 9.30 Å². The minimum atomic E-state index is 0.642. The third kappa shape index (κ3) is 4.46. The second-order valence-electron chi connectivity index (χ2n) is 6.51. The van der Waals surface area contributed by atoms with Crippen LogP contribution in [0.3, 0.4) is 0 Å². The predicted molar refractivity (Wildman–Crippen MR) is 108 cm³/mol. The van der Waals surface area contributed by atoms with E-state index in [1.807, 2.05) is 59.8 Å². The molecule has 1 aromatic carbocycles. The smallest absolute Gasteiger partial charge is 0.137 e. The lowest BCUT2D eigenvalue weighted by Gasteiger charge is -2.11. The number of aromatic nitrogens is 5. The Morgan fingerprint density at radius 1 is 0.929 bits per heavy atom. The van der Waals surface area contributed by atoms with Crippen LogP contribution >= 0.6 is 0 Å². The van der Waals surface area contributed by atoms with E-state index in [2.05, 4.69) is 26.8 Å². The first-order chi connectivity index (χ1) is 13.9. The van der Waals surface area contributed by atoms with E-state index >= 15 is 0 Å². The Hall–Kier alpha value is -3.41. The number of hydrogen-bond donors (Lipinski definition) is 0. The van der Waals surface area contributed by atoms with Crippen LogP contribution in [-0.2, 0) is 19.5 Å². The van der Waals surface area contributed by atoms with Crippen molar-refractivity contribution >= 4 is 0 Å². The molecule has 0 atom stereocenters. The Morgan fingerprint density at radius 3 is 2.64 bits per heavy atom. The molecule has 0 aliphatic heterocycles. The minimum Gasteiger partial charge on any atom is -0.492 e. The van der Waals surface area contributed by atoms with Gasteiger partial charge in [0.1, 0.15) is 5.75 Å². The molecule has 4 rings (SSSR count). The van der Waals surface area contributed by atoms with Gasteiger partial charge in [-0.25, -0.2) is 4.98 Å². The fourth-order valence-electron chi connectivity index (χ4n) is 3.21. The Balaban J connectivity index is 1.45. The predicted octanol–water partition coefficient (Wildman–Crippen LogP) is 3.85. The van der Waals surface area contributed by atoms with Gasteiger partial charge in [0.15, 0.2) is 0 Å². The molecule has 0 aliphatic carbocycles. The molecule has 6 nitrogen and oxygen atoms in total. The van der Waals surface area contributed by atoms with Crippen LogP contribution in [0.4, 0.5) is 0 Å². The van der Waals surface area contributed by atoms with E-state index in [1.165, 1.54) is 5.69 Å². The molecule has 142 valence electrons. The number of rotatable bonds is 9. The number of imidazole rings is 1. The van der Waals surface area contributed by atoms with Gasteiger partial charge in [-0.2, -0.15) is 5.10 Å². The van der Waals surface area contributed by atoms with Crippen molar-refractivity contribution in [3.63, 3.8) is 0 Å². The number of nitrogens with zero attached hydrogens (tertiary/aromatic N) is 5. The third-order valence-electron chi connectivity index (χ3n) is 4.58. The molecule has 0 saturated heterocycles. The second-order valence-corrected chi connectivity index (χ2v) is 6.51. The van der Waals surface area contributed by atoms with E-state index in [4.69, 9.17) is 9.72 Å². The summed E-state index contributed by atoms with van der Waals surface area (Å²) in [7, 11) is 0. The first-order valence-electron chi connectivity index (χ1n) is 9.50. The van der Waals surface area contributed by atoms with Gasteiger partial charge in [-0.15, -0.1) is 0 Å². The minimum absolute atomic E-state index is 0.642. The number of benzene rings is 1. The molecule has 0 spiro atoms. The van der Waals surface area contributed by atoms with Gasteiger partial charge >= 0.3 is 0 Å². The molecule has 0 unspecified atom stereocenters. The Bertz CT molecular complexity index is 965. The highest BCUT2D eigenvalue weighted by atomic mass is 16.5. The van der Waals surface area contributed by atoms with Crippen molar-refractivity contribution in [1.82, 2.24) is 24.3 Å². The molecular weight excluding hydrogens is 350 g/mol.